The van der Waals surface area contributed by atoms with Crippen LogP contribution in [0.15, 0.2) is 42.5 Å². The van der Waals surface area contributed by atoms with Gasteiger partial charge in [0.1, 0.15) is 11.6 Å². The van der Waals surface area contributed by atoms with Gasteiger partial charge in [-0.3, -0.25) is 14.3 Å². The van der Waals surface area contributed by atoms with E-state index in [1.54, 1.807) is 6.08 Å². The number of nitrogens with zero attached hydrogens (tertiary/aromatic N) is 2. The summed E-state index contributed by atoms with van der Waals surface area (Å²) in [5.74, 6) is -3.81. The highest BCUT2D eigenvalue weighted by molar-refractivity contribution is 6.03. The molecule has 1 heterocycles. The van der Waals surface area contributed by atoms with Gasteiger partial charge < -0.3 is 11.1 Å². The Morgan fingerprint density at radius 2 is 1.77 bits per heavy atom. The number of nitrogens with two attached hydrogens (primary N) is 1. The maximum atomic E-state index is 13.9. The molecule has 0 unspecified atom stereocenters. The molecule has 2 amide bonds. The van der Waals surface area contributed by atoms with Gasteiger partial charge in [0.15, 0.2) is 0 Å². The molecule has 0 bridgehead atoms. The van der Waals surface area contributed by atoms with E-state index in [1.807, 2.05) is 49.7 Å². The minimum Gasteiger partial charge on any atom is -0.366 e. The van der Waals surface area contributed by atoms with Gasteiger partial charge in [-0.1, -0.05) is 29.8 Å². The molecule has 0 aliphatic carbocycles. The van der Waals surface area contributed by atoms with Gasteiger partial charge in [0.2, 0.25) is 5.91 Å². The zero-order chi connectivity index (χ0) is 22.7. The molecule has 0 aliphatic heterocycles. The SMILES string of the molecule is Cc1ccc(Cn2nc(C)c(/C=C/C(=O)Nc3cc(C(N)=O)c(F)cc3F)c2C)cc1. The summed E-state index contributed by atoms with van der Waals surface area (Å²) in [6, 6.07) is 9.51. The van der Waals surface area contributed by atoms with Gasteiger partial charge in [0, 0.05) is 23.4 Å². The summed E-state index contributed by atoms with van der Waals surface area (Å²) in [5, 5.41) is 6.82. The Balaban J connectivity index is 1.77. The summed E-state index contributed by atoms with van der Waals surface area (Å²) in [5.41, 5.74) is 8.85. The molecule has 3 N–H and O–H groups in total. The lowest BCUT2D eigenvalue weighted by atomic mass is 10.1. The van der Waals surface area contributed by atoms with Crippen molar-refractivity contribution in [2.45, 2.75) is 27.3 Å². The largest absolute Gasteiger partial charge is 0.366 e. The van der Waals surface area contributed by atoms with Crippen molar-refractivity contribution in [3.05, 3.63) is 87.8 Å². The third kappa shape index (κ3) is 5.03. The molecule has 3 aromatic rings. The van der Waals surface area contributed by atoms with E-state index in [0.29, 0.717) is 12.6 Å². The molecule has 0 atom stereocenters. The topological polar surface area (TPSA) is 90.0 Å². The number of anilines is 1. The number of benzene rings is 2. The van der Waals surface area contributed by atoms with Gasteiger partial charge in [0.25, 0.3) is 5.91 Å². The molecule has 0 saturated heterocycles. The molecule has 2 aromatic carbocycles. The number of rotatable bonds is 6. The van der Waals surface area contributed by atoms with E-state index >= 15 is 0 Å². The Hall–Kier alpha value is -3.81. The number of halogens is 2. The first-order valence-corrected chi connectivity index (χ1v) is 9.53. The summed E-state index contributed by atoms with van der Waals surface area (Å²) in [7, 11) is 0. The fraction of sp³-hybridized carbons (Fsp3) is 0.174. The van der Waals surface area contributed by atoms with Crippen LogP contribution in [0.3, 0.4) is 0 Å². The summed E-state index contributed by atoms with van der Waals surface area (Å²) in [6.07, 6.45) is 2.80. The smallest absolute Gasteiger partial charge is 0.251 e. The number of amides is 2. The van der Waals surface area contributed by atoms with Crippen molar-refractivity contribution in [1.29, 1.82) is 0 Å². The zero-order valence-electron chi connectivity index (χ0n) is 17.4. The standard InChI is InChI=1S/C23H22F2N4O2/c1-13-4-6-16(7-5-13)12-29-15(3)17(14(2)28-29)8-9-22(30)27-21-10-18(23(26)31)19(24)11-20(21)25/h4-11H,12H2,1-3H3,(H2,26,31)(H,27,30)/b9-8+. The molecule has 3 rings (SSSR count). The van der Waals surface area contributed by atoms with Crippen LogP contribution in [0.25, 0.3) is 6.08 Å². The molecule has 6 nitrogen and oxygen atoms in total. The molecular weight excluding hydrogens is 402 g/mol. The molecule has 1 aromatic heterocycles. The van der Waals surface area contributed by atoms with Crippen molar-refractivity contribution in [3.63, 3.8) is 0 Å². The predicted octanol–water partition coefficient (Wildman–Crippen LogP) is 3.89. The number of hydrogen-bond acceptors (Lipinski definition) is 3. The molecule has 0 aliphatic rings. The Kier molecular flexibility index (Phi) is 6.29. The lowest BCUT2D eigenvalue weighted by Crippen LogP contribution is -2.16. The first-order chi connectivity index (χ1) is 14.7. The Labute approximate surface area is 178 Å². The van der Waals surface area contributed by atoms with Gasteiger partial charge in [-0.05, 0) is 38.5 Å². The molecule has 0 radical (unpaired) electrons. The summed E-state index contributed by atoms with van der Waals surface area (Å²) in [4.78, 5) is 23.5. The van der Waals surface area contributed by atoms with Crippen LogP contribution in [0.5, 0.6) is 0 Å². The third-order valence-electron chi connectivity index (χ3n) is 4.87. The normalized spacial score (nSPS) is 11.1. The maximum absolute atomic E-state index is 13.9. The lowest BCUT2D eigenvalue weighted by Gasteiger charge is -2.07. The van der Waals surface area contributed by atoms with E-state index in [1.165, 1.54) is 11.6 Å². The number of aromatic nitrogens is 2. The first-order valence-electron chi connectivity index (χ1n) is 9.53. The number of aryl methyl sites for hydroxylation is 2. The van der Waals surface area contributed by atoms with Crippen molar-refractivity contribution in [2.75, 3.05) is 5.32 Å². The monoisotopic (exact) mass is 424 g/mol. The molecule has 0 fully saturated rings. The van der Waals surface area contributed by atoms with Crippen LogP contribution in [0.4, 0.5) is 14.5 Å². The van der Waals surface area contributed by atoms with Crippen LogP contribution >= 0.6 is 0 Å². The molecule has 0 spiro atoms. The van der Waals surface area contributed by atoms with Crippen molar-refractivity contribution in [2.24, 2.45) is 5.73 Å². The van der Waals surface area contributed by atoms with Crippen molar-refractivity contribution < 1.29 is 18.4 Å². The highest BCUT2D eigenvalue weighted by atomic mass is 19.1. The van der Waals surface area contributed by atoms with E-state index < -0.39 is 29.0 Å². The van der Waals surface area contributed by atoms with Gasteiger partial charge in [-0.15, -0.1) is 0 Å². The van der Waals surface area contributed by atoms with E-state index in [4.69, 9.17) is 5.73 Å². The molecule has 160 valence electrons. The van der Waals surface area contributed by atoms with Crippen LogP contribution in [0.2, 0.25) is 0 Å². The van der Waals surface area contributed by atoms with Crippen molar-refractivity contribution >= 4 is 23.6 Å². The van der Waals surface area contributed by atoms with Crippen LogP contribution in [-0.2, 0) is 11.3 Å². The number of hydrogen-bond donors (Lipinski definition) is 2. The zero-order valence-corrected chi connectivity index (χ0v) is 17.4. The highest BCUT2D eigenvalue weighted by Crippen LogP contribution is 2.20. The number of carbonyl (C=O) groups is 2. The third-order valence-corrected chi connectivity index (χ3v) is 4.87. The summed E-state index contributed by atoms with van der Waals surface area (Å²) in [6.45, 7) is 6.33. The number of carbonyl (C=O) groups excluding carboxylic acids is 2. The predicted molar refractivity (Wildman–Crippen MR) is 115 cm³/mol. The average Bonchev–Trinajstić information content (AvgIpc) is 2.96. The fourth-order valence-electron chi connectivity index (χ4n) is 3.14. The highest BCUT2D eigenvalue weighted by Gasteiger charge is 2.15. The van der Waals surface area contributed by atoms with Gasteiger partial charge >= 0.3 is 0 Å². The molecule has 31 heavy (non-hydrogen) atoms. The Morgan fingerprint density at radius 3 is 2.42 bits per heavy atom. The fourth-order valence-corrected chi connectivity index (χ4v) is 3.14. The van der Waals surface area contributed by atoms with E-state index in [-0.39, 0.29) is 5.69 Å². The van der Waals surface area contributed by atoms with Crippen LogP contribution in [0.1, 0.15) is 38.4 Å². The summed E-state index contributed by atoms with van der Waals surface area (Å²) < 4.78 is 29.4. The Morgan fingerprint density at radius 1 is 1.10 bits per heavy atom. The van der Waals surface area contributed by atoms with Crippen LogP contribution in [-0.4, -0.2) is 21.6 Å². The molecule has 0 saturated carbocycles. The van der Waals surface area contributed by atoms with Crippen LogP contribution in [0, 0.1) is 32.4 Å². The summed E-state index contributed by atoms with van der Waals surface area (Å²) >= 11 is 0. The van der Waals surface area contributed by atoms with Gasteiger partial charge in [-0.25, -0.2) is 8.78 Å². The maximum Gasteiger partial charge on any atom is 0.251 e. The van der Waals surface area contributed by atoms with E-state index in [9.17, 15) is 18.4 Å². The average molecular weight is 424 g/mol. The van der Waals surface area contributed by atoms with Gasteiger partial charge in [0.05, 0.1) is 23.5 Å². The quantitative estimate of drug-likeness (QED) is 0.589. The minimum atomic E-state index is -1.09. The number of primary amides is 1. The first kappa shape index (κ1) is 21.9. The molecular formula is C23H22F2N4O2. The van der Waals surface area contributed by atoms with E-state index in [2.05, 4.69) is 10.4 Å². The second-order valence-corrected chi connectivity index (χ2v) is 7.23. The van der Waals surface area contributed by atoms with Crippen molar-refractivity contribution in [1.82, 2.24) is 9.78 Å². The van der Waals surface area contributed by atoms with E-state index in [0.717, 1.165) is 28.6 Å². The lowest BCUT2D eigenvalue weighted by molar-refractivity contribution is -0.111. The molecule has 8 heteroatoms. The second-order valence-electron chi connectivity index (χ2n) is 7.23. The second kappa shape index (κ2) is 8.91. The van der Waals surface area contributed by atoms with Crippen molar-refractivity contribution in [3.8, 4) is 0 Å². The number of nitrogens with one attached hydrogen (secondary N) is 1. The minimum absolute atomic E-state index is 0.339. The van der Waals surface area contributed by atoms with Gasteiger partial charge in [-0.2, -0.15) is 5.10 Å². The van der Waals surface area contributed by atoms with Crippen LogP contribution < -0.4 is 11.1 Å². The Bertz CT molecular complexity index is 1180.